The van der Waals surface area contributed by atoms with Gasteiger partial charge in [0.1, 0.15) is 11.5 Å². The number of rotatable bonds is 10. The van der Waals surface area contributed by atoms with Gasteiger partial charge in [0, 0.05) is 17.2 Å². The van der Waals surface area contributed by atoms with Crippen LogP contribution < -0.4 is 4.74 Å². The topological polar surface area (TPSA) is 68.1 Å². The van der Waals surface area contributed by atoms with Gasteiger partial charge in [-0.2, -0.15) is 0 Å². The van der Waals surface area contributed by atoms with Gasteiger partial charge in [-0.25, -0.2) is 15.0 Å². The minimum Gasteiger partial charge on any atom is -0.507 e. The third-order valence-electron chi connectivity index (χ3n) is 6.65. The van der Waals surface area contributed by atoms with E-state index in [0.717, 1.165) is 35.1 Å². The number of hydrogen-bond acceptors (Lipinski definition) is 5. The minimum absolute atomic E-state index is 0.0896. The zero-order valence-corrected chi connectivity index (χ0v) is 21.7. The maximum atomic E-state index is 11.0. The Morgan fingerprint density at radius 1 is 0.750 bits per heavy atom. The average molecular weight is 482 g/mol. The molecule has 0 bridgehead atoms. The second-order valence-electron chi connectivity index (χ2n) is 9.34. The lowest BCUT2D eigenvalue weighted by Crippen LogP contribution is -2.11. The normalized spacial score (nSPS) is 11.9. The zero-order chi connectivity index (χ0) is 25.5. The molecule has 0 saturated carbocycles. The fourth-order valence-electron chi connectivity index (χ4n) is 4.29. The van der Waals surface area contributed by atoms with E-state index in [1.54, 1.807) is 6.07 Å². The number of phenols is 1. The number of aromatic hydroxyl groups is 1. The highest BCUT2D eigenvalue weighted by atomic mass is 16.5. The molecule has 1 heterocycles. The molecular weight excluding hydrogens is 446 g/mol. The van der Waals surface area contributed by atoms with Gasteiger partial charge in [0.05, 0.1) is 12.2 Å². The van der Waals surface area contributed by atoms with Crippen LogP contribution in [0.2, 0.25) is 0 Å². The predicted molar refractivity (Wildman–Crippen MR) is 146 cm³/mol. The number of ether oxygens (including phenoxy) is 1. The summed E-state index contributed by atoms with van der Waals surface area (Å²) in [4.78, 5) is 14.4. The van der Waals surface area contributed by atoms with Gasteiger partial charge in [-0.1, -0.05) is 81.6 Å². The monoisotopic (exact) mass is 481 g/mol. The summed E-state index contributed by atoms with van der Waals surface area (Å²) in [5, 5.41) is 11.0. The van der Waals surface area contributed by atoms with Gasteiger partial charge in [0.15, 0.2) is 17.5 Å². The Morgan fingerprint density at radius 2 is 1.31 bits per heavy atom. The van der Waals surface area contributed by atoms with Crippen molar-refractivity contribution in [2.45, 2.75) is 53.4 Å². The highest BCUT2D eigenvalue weighted by Gasteiger charge is 2.17. The van der Waals surface area contributed by atoms with Gasteiger partial charge < -0.3 is 9.84 Å². The van der Waals surface area contributed by atoms with E-state index in [4.69, 9.17) is 19.7 Å². The maximum Gasteiger partial charge on any atom is 0.167 e. The molecule has 0 radical (unpaired) electrons. The minimum atomic E-state index is 0.0896. The van der Waals surface area contributed by atoms with E-state index in [1.807, 2.05) is 74.5 Å². The molecule has 0 fully saturated rings. The molecule has 4 rings (SSSR count). The molecule has 36 heavy (non-hydrogen) atoms. The Hall–Kier alpha value is -3.73. The number of phenolic OH excluding ortho intramolecular Hbond substituents is 1. The Morgan fingerprint density at radius 3 is 1.81 bits per heavy atom. The Kier molecular flexibility index (Phi) is 8.32. The smallest absolute Gasteiger partial charge is 0.167 e. The standard InChI is InChI=1S/C31H35N3O2/c1-5-7-14-23(6-2)20-36-24-17-18-27(28(35)19-24)31-33-29(25-15-10-8-12-21(25)3)32-30(34-31)26-16-11-9-13-22(26)4/h8-13,15-19,23,35H,5-7,14,20H2,1-4H3. The lowest BCUT2D eigenvalue weighted by molar-refractivity contribution is 0.232. The quantitative estimate of drug-likeness (QED) is 0.250. The molecular formula is C31H35N3O2. The van der Waals surface area contributed by atoms with Crippen LogP contribution in [0.1, 0.15) is 50.7 Å². The molecule has 0 aliphatic rings. The Bertz CT molecular complexity index is 1260. The summed E-state index contributed by atoms with van der Waals surface area (Å²) < 4.78 is 6.03. The molecule has 0 amide bonds. The van der Waals surface area contributed by atoms with Crippen molar-refractivity contribution in [3.63, 3.8) is 0 Å². The maximum absolute atomic E-state index is 11.0. The van der Waals surface area contributed by atoms with Crippen LogP contribution in [0.5, 0.6) is 11.5 Å². The summed E-state index contributed by atoms with van der Waals surface area (Å²) in [5.74, 6) is 2.85. The van der Waals surface area contributed by atoms with Crippen LogP contribution in [0.3, 0.4) is 0 Å². The van der Waals surface area contributed by atoms with Crippen LogP contribution in [-0.2, 0) is 0 Å². The van der Waals surface area contributed by atoms with Crippen molar-refractivity contribution in [1.29, 1.82) is 0 Å². The van der Waals surface area contributed by atoms with Crippen molar-refractivity contribution < 1.29 is 9.84 Å². The van der Waals surface area contributed by atoms with Crippen molar-refractivity contribution >= 4 is 0 Å². The van der Waals surface area contributed by atoms with Crippen LogP contribution in [0.15, 0.2) is 66.7 Å². The lowest BCUT2D eigenvalue weighted by Gasteiger charge is -2.16. The third kappa shape index (κ3) is 5.91. The van der Waals surface area contributed by atoms with E-state index in [9.17, 15) is 5.11 Å². The van der Waals surface area contributed by atoms with Crippen molar-refractivity contribution in [2.24, 2.45) is 5.92 Å². The van der Waals surface area contributed by atoms with E-state index < -0.39 is 0 Å². The van der Waals surface area contributed by atoms with Crippen molar-refractivity contribution in [3.8, 4) is 45.7 Å². The molecule has 5 nitrogen and oxygen atoms in total. The van der Waals surface area contributed by atoms with Crippen LogP contribution in [0.25, 0.3) is 34.2 Å². The molecule has 1 unspecified atom stereocenters. The van der Waals surface area contributed by atoms with Gasteiger partial charge >= 0.3 is 0 Å². The summed E-state index contributed by atoms with van der Waals surface area (Å²) in [5.41, 5.74) is 4.58. The van der Waals surface area contributed by atoms with Crippen molar-refractivity contribution in [1.82, 2.24) is 15.0 Å². The van der Waals surface area contributed by atoms with E-state index in [0.29, 0.717) is 41.3 Å². The molecule has 186 valence electrons. The first kappa shape index (κ1) is 25.4. The molecule has 0 spiro atoms. The van der Waals surface area contributed by atoms with E-state index >= 15 is 0 Å². The van der Waals surface area contributed by atoms with Gasteiger partial charge in [-0.05, 0) is 49.4 Å². The first-order valence-electron chi connectivity index (χ1n) is 12.8. The fourth-order valence-corrected chi connectivity index (χ4v) is 4.29. The number of unbranched alkanes of at least 4 members (excludes halogenated alkanes) is 1. The summed E-state index contributed by atoms with van der Waals surface area (Å²) in [6.07, 6.45) is 4.63. The molecule has 4 aromatic rings. The number of aryl methyl sites for hydroxylation is 2. The number of nitrogens with zero attached hydrogens (tertiary/aromatic N) is 3. The highest BCUT2D eigenvalue weighted by Crippen LogP contribution is 2.34. The third-order valence-corrected chi connectivity index (χ3v) is 6.65. The molecule has 1 N–H and O–H groups in total. The average Bonchev–Trinajstić information content (AvgIpc) is 2.89. The molecule has 0 saturated heterocycles. The van der Waals surface area contributed by atoms with Crippen LogP contribution in [0.4, 0.5) is 0 Å². The molecule has 0 aliphatic carbocycles. The molecule has 1 aromatic heterocycles. The van der Waals surface area contributed by atoms with Crippen molar-refractivity contribution in [2.75, 3.05) is 6.61 Å². The van der Waals surface area contributed by atoms with E-state index in [-0.39, 0.29) is 5.75 Å². The van der Waals surface area contributed by atoms with E-state index in [1.165, 1.54) is 12.8 Å². The van der Waals surface area contributed by atoms with Crippen LogP contribution in [-0.4, -0.2) is 26.7 Å². The van der Waals surface area contributed by atoms with Gasteiger partial charge in [0.25, 0.3) is 0 Å². The molecule has 1 atom stereocenters. The number of aromatic nitrogens is 3. The van der Waals surface area contributed by atoms with Gasteiger partial charge in [-0.15, -0.1) is 0 Å². The summed E-state index contributed by atoms with van der Waals surface area (Å²) in [7, 11) is 0. The lowest BCUT2D eigenvalue weighted by atomic mass is 10.0. The molecule has 5 heteroatoms. The largest absolute Gasteiger partial charge is 0.507 e. The number of hydrogen-bond donors (Lipinski definition) is 1. The van der Waals surface area contributed by atoms with E-state index in [2.05, 4.69) is 13.8 Å². The molecule has 0 aliphatic heterocycles. The van der Waals surface area contributed by atoms with Gasteiger partial charge in [-0.3, -0.25) is 0 Å². The Labute approximate surface area is 214 Å². The summed E-state index contributed by atoms with van der Waals surface area (Å²) in [6, 6.07) is 21.4. The summed E-state index contributed by atoms with van der Waals surface area (Å²) >= 11 is 0. The predicted octanol–water partition coefficient (Wildman–Crippen LogP) is 7.79. The second-order valence-corrected chi connectivity index (χ2v) is 9.34. The molecule has 3 aromatic carbocycles. The fraction of sp³-hybridized carbons (Fsp3) is 0.323. The number of benzene rings is 3. The second kappa shape index (κ2) is 11.8. The van der Waals surface area contributed by atoms with Crippen LogP contribution in [0, 0.1) is 19.8 Å². The first-order valence-corrected chi connectivity index (χ1v) is 12.8. The SMILES string of the molecule is CCCCC(CC)COc1ccc(-c2nc(-c3ccccc3C)nc(-c3ccccc3C)n2)c(O)c1. The summed E-state index contributed by atoms with van der Waals surface area (Å²) in [6.45, 7) is 9.14. The van der Waals surface area contributed by atoms with Crippen LogP contribution >= 0.6 is 0 Å². The van der Waals surface area contributed by atoms with Crippen molar-refractivity contribution in [3.05, 3.63) is 77.9 Å². The highest BCUT2D eigenvalue weighted by molar-refractivity contribution is 5.72. The zero-order valence-electron chi connectivity index (χ0n) is 21.7. The Balaban J connectivity index is 1.71. The van der Waals surface area contributed by atoms with Gasteiger partial charge in [0.2, 0.25) is 0 Å². The first-order chi connectivity index (χ1) is 17.5.